The zero-order chi connectivity index (χ0) is 24.7. The molecule has 1 N–H and O–H groups in total. The van der Waals surface area contributed by atoms with Gasteiger partial charge in [0, 0.05) is 45.7 Å². The molecular weight excluding hydrogens is 436 g/mol. The van der Waals surface area contributed by atoms with Crippen molar-refractivity contribution in [3.63, 3.8) is 0 Å². The van der Waals surface area contributed by atoms with Crippen molar-refractivity contribution in [1.82, 2.24) is 10.2 Å². The molecule has 3 rings (SSSR count). The average molecular weight is 469 g/mol. The number of imide groups is 1. The molecule has 1 atom stereocenters. The molecule has 8 heteroatoms. The molecule has 3 amide bonds. The summed E-state index contributed by atoms with van der Waals surface area (Å²) >= 11 is 0. The van der Waals surface area contributed by atoms with Crippen LogP contribution in [0.3, 0.4) is 0 Å². The Morgan fingerprint density at radius 1 is 1.06 bits per heavy atom. The highest BCUT2D eigenvalue weighted by atomic mass is 16.5. The summed E-state index contributed by atoms with van der Waals surface area (Å²) < 4.78 is 15.6. The van der Waals surface area contributed by atoms with Gasteiger partial charge in [-0.3, -0.25) is 19.3 Å². The highest BCUT2D eigenvalue weighted by Gasteiger charge is 2.53. The summed E-state index contributed by atoms with van der Waals surface area (Å²) in [5, 5.41) is 2.89. The van der Waals surface area contributed by atoms with Crippen molar-refractivity contribution >= 4 is 17.7 Å². The molecule has 0 spiro atoms. The zero-order valence-electron chi connectivity index (χ0n) is 20.2. The van der Waals surface area contributed by atoms with Crippen LogP contribution in [0.25, 0.3) is 0 Å². The molecule has 0 bridgehead atoms. The first-order chi connectivity index (χ1) is 16.3. The summed E-state index contributed by atoms with van der Waals surface area (Å²) in [4.78, 5) is 40.9. The maximum atomic E-state index is 13.6. The summed E-state index contributed by atoms with van der Waals surface area (Å²) in [7, 11) is 4.70. The maximum absolute atomic E-state index is 13.6. The van der Waals surface area contributed by atoms with E-state index < -0.39 is 5.41 Å². The number of methoxy groups -OCH3 is 3. The fraction of sp³-hybridized carbons (Fsp3) is 0.423. The number of hydrogen-bond acceptors (Lipinski definition) is 6. The number of amides is 3. The Labute approximate surface area is 200 Å². The van der Waals surface area contributed by atoms with Crippen LogP contribution in [0.1, 0.15) is 36.0 Å². The minimum Gasteiger partial charge on any atom is -0.497 e. The number of aryl methyl sites for hydroxylation is 1. The van der Waals surface area contributed by atoms with Crippen LogP contribution in [0.4, 0.5) is 0 Å². The van der Waals surface area contributed by atoms with Crippen LogP contribution >= 0.6 is 0 Å². The Morgan fingerprint density at radius 3 is 2.35 bits per heavy atom. The zero-order valence-corrected chi connectivity index (χ0v) is 20.2. The van der Waals surface area contributed by atoms with Gasteiger partial charge in [0.2, 0.25) is 17.7 Å². The normalized spacial score (nSPS) is 17.7. The number of benzene rings is 2. The van der Waals surface area contributed by atoms with Crippen LogP contribution in [0.5, 0.6) is 11.5 Å². The molecule has 1 heterocycles. The molecule has 1 saturated heterocycles. The Bertz CT molecular complexity index is 1030. The number of carbonyl (C=O) groups is 3. The van der Waals surface area contributed by atoms with E-state index in [4.69, 9.17) is 14.2 Å². The van der Waals surface area contributed by atoms with Gasteiger partial charge < -0.3 is 19.5 Å². The van der Waals surface area contributed by atoms with E-state index >= 15 is 0 Å². The van der Waals surface area contributed by atoms with Crippen LogP contribution in [-0.2, 0) is 31.1 Å². The van der Waals surface area contributed by atoms with E-state index in [1.54, 1.807) is 27.4 Å². The third-order valence-corrected chi connectivity index (χ3v) is 6.16. The van der Waals surface area contributed by atoms with Crippen molar-refractivity contribution in [3.05, 3.63) is 59.2 Å². The topological polar surface area (TPSA) is 94.2 Å². The van der Waals surface area contributed by atoms with E-state index in [2.05, 4.69) is 5.32 Å². The first kappa shape index (κ1) is 25.2. The van der Waals surface area contributed by atoms with Crippen LogP contribution in [0.15, 0.2) is 42.5 Å². The molecule has 0 aromatic heterocycles. The molecule has 34 heavy (non-hydrogen) atoms. The predicted molar refractivity (Wildman–Crippen MR) is 127 cm³/mol. The minimum atomic E-state index is -1.23. The van der Waals surface area contributed by atoms with E-state index in [-0.39, 0.29) is 43.7 Å². The van der Waals surface area contributed by atoms with Crippen molar-refractivity contribution in [2.45, 2.75) is 38.1 Å². The first-order valence-corrected chi connectivity index (χ1v) is 11.2. The number of nitrogens with one attached hydrogen (secondary N) is 1. The average Bonchev–Trinajstić information content (AvgIpc) is 3.07. The van der Waals surface area contributed by atoms with Gasteiger partial charge in [0.15, 0.2) is 0 Å². The van der Waals surface area contributed by atoms with Gasteiger partial charge >= 0.3 is 0 Å². The molecule has 0 radical (unpaired) electrons. The summed E-state index contributed by atoms with van der Waals surface area (Å²) in [6, 6.07) is 12.8. The lowest BCUT2D eigenvalue weighted by Gasteiger charge is -2.28. The van der Waals surface area contributed by atoms with Gasteiger partial charge in [0.25, 0.3) is 0 Å². The fourth-order valence-electron chi connectivity index (χ4n) is 4.45. The molecule has 8 nitrogen and oxygen atoms in total. The molecule has 2 aromatic carbocycles. The van der Waals surface area contributed by atoms with Crippen molar-refractivity contribution in [1.29, 1.82) is 0 Å². The summed E-state index contributed by atoms with van der Waals surface area (Å²) in [6.45, 7) is 2.84. The van der Waals surface area contributed by atoms with Gasteiger partial charge in [-0.05, 0) is 42.2 Å². The van der Waals surface area contributed by atoms with E-state index in [0.29, 0.717) is 30.1 Å². The van der Waals surface area contributed by atoms with Crippen LogP contribution in [-0.4, -0.2) is 57.1 Å². The third-order valence-electron chi connectivity index (χ3n) is 6.16. The van der Waals surface area contributed by atoms with Gasteiger partial charge in [-0.1, -0.05) is 24.3 Å². The van der Waals surface area contributed by atoms with Crippen molar-refractivity contribution in [2.75, 3.05) is 34.5 Å². The SMILES string of the molecule is COCCCN1C(=O)C[C@@](CC(=O)NCc2cc(OC)cc(OC)c2)(c2ccccc2C)C1=O. The van der Waals surface area contributed by atoms with E-state index in [1.807, 2.05) is 43.3 Å². The van der Waals surface area contributed by atoms with Gasteiger partial charge in [0.1, 0.15) is 11.5 Å². The van der Waals surface area contributed by atoms with E-state index in [9.17, 15) is 14.4 Å². The van der Waals surface area contributed by atoms with E-state index in [0.717, 1.165) is 11.1 Å². The fourth-order valence-corrected chi connectivity index (χ4v) is 4.45. The van der Waals surface area contributed by atoms with Gasteiger partial charge in [-0.15, -0.1) is 0 Å². The maximum Gasteiger partial charge on any atom is 0.240 e. The number of rotatable bonds is 11. The molecule has 0 saturated carbocycles. The standard InChI is InChI=1S/C26H32N2O6/c1-18-8-5-6-9-22(18)26(16-24(30)28(25(26)31)10-7-11-32-2)15-23(29)27-17-19-12-20(33-3)14-21(13-19)34-4/h5-6,8-9,12-14H,7,10-11,15-17H2,1-4H3,(H,27,29)/t26-/m0/s1. The smallest absolute Gasteiger partial charge is 0.240 e. The number of nitrogens with zero attached hydrogens (tertiary/aromatic N) is 1. The van der Waals surface area contributed by atoms with Crippen LogP contribution in [0, 0.1) is 6.92 Å². The molecule has 2 aromatic rings. The molecular formula is C26H32N2O6. The van der Waals surface area contributed by atoms with Gasteiger partial charge in [-0.2, -0.15) is 0 Å². The highest BCUT2D eigenvalue weighted by molar-refractivity contribution is 6.10. The largest absolute Gasteiger partial charge is 0.497 e. The first-order valence-electron chi connectivity index (χ1n) is 11.2. The second-order valence-electron chi connectivity index (χ2n) is 8.45. The quantitative estimate of drug-likeness (QED) is 0.403. The van der Waals surface area contributed by atoms with Crippen LogP contribution in [0.2, 0.25) is 0 Å². The lowest BCUT2D eigenvalue weighted by atomic mass is 9.74. The van der Waals surface area contributed by atoms with Gasteiger partial charge in [0.05, 0.1) is 19.6 Å². The van der Waals surface area contributed by atoms with Crippen molar-refractivity contribution in [2.24, 2.45) is 0 Å². The molecule has 1 aliphatic rings. The van der Waals surface area contributed by atoms with Crippen molar-refractivity contribution < 1.29 is 28.6 Å². The number of likely N-dealkylation sites (tertiary alicyclic amines) is 1. The lowest BCUT2D eigenvalue weighted by Crippen LogP contribution is -2.43. The Hall–Kier alpha value is -3.39. The Balaban J connectivity index is 1.83. The summed E-state index contributed by atoms with van der Waals surface area (Å²) in [5.41, 5.74) is 1.14. The Morgan fingerprint density at radius 2 is 1.74 bits per heavy atom. The van der Waals surface area contributed by atoms with Gasteiger partial charge in [-0.25, -0.2) is 0 Å². The number of ether oxygens (including phenoxy) is 3. The second kappa shape index (κ2) is 11.2. The molecule has 1 aliphatic heterocycles. The second-order valence-corrected chi connectivity index (χ2v) is 8.45. The third kappa shape index (κ3) is 5.39. The summed E-state index contributed by atoms with van der Waals surface area (Å²) in [5.74, 6) is 0.312. The molecule has 0 unspecified atom stereocenters. The monoisotopic (exact) mass is 468 g/mol. The number of carbonyl (C=O) groups excluding carboxylic acids is 3. The lowest BCUT2D eigenvalue weighted by molar-refractivity contribution is -0.141. The minimum absolute atomic E-state index is 0.0376. The molecule has 1 fully saturated rings. The highest BCUT2D eigenvalue weighted by Crippen LogP contribution is 2.41. The number of hydrogen-bond donors (Lipinski definition) is 1. The Kier molecular flexibility index (Phi) is 8.28. The van der Waals surface area contributed by atoms with Crippen molar-refractivity contribution in [3.8, 4) is 11.5 Å². The van der Waals surface area contributed by atoms with Crippen LogP contribution < -0.4 is 14.8 Å². The van der Waals surface area contributed by atoms with E-state index in [1.165, 1.54) is 4.90 Å². The molecule has 0 aliphatic carbocycles. The molecule has 182 valence electrons. The summed E-state index contributed by atoms with van der Waals surface area (Å²) in [6.07, 6.45) is 0.385. The predicted octanol–water partition coefficient (Wildman–Crippen LogP) is 2.75.